The van der Waals surface area contributed by atoms with Crippen LogP contribution in [0.15, 0.2) is 18.2 Å². The smallest absolute Gasteiger partial charge is 0.278 e. The van der Waals surface area contributed by atoms with E-state index >= 15 is 0 Å². The van der Waals surface area contributed by atoms with Gasteiger partial charge in [0, 0.05) is 0 Å². The maximum atomic E-state index is 13.9. The highest BCUT2D eigenvalue weighted by Crippen LogP contribution is 2.21. The molecule has 1 amide bonds. The average molecular weight is 354 g/mol. The number of aromatic nitrogens is 3. The fraction of sp³-hybridized carbons (Fsp3) is 0.438. The zero-order chi connectivity index (χ0) is 16.4. The lowest BCUT2D eigenvalue weighted by molar-refractivity contribution is 0.102. The number of carbonyl (C=O) groups excluding carboxylic acids is 1. The van der Waals surface area contributed by atoms with Crippen LogP contribution >= 0.6 is 12.4 Å². The second kappa shape index (κ2) is 7.72. The molecule has 0 radical (unpaired) electrons. The predicted molar refractivity (Wildman–Crippen MR) is 92.2 cm³/mol. The van der Waals surface area contributed by atoms with Gasteiger partial charge in [0.05, 0.1) is 17.4 Å². The molecule has 0 atom stereocenters. The van der Waals surface area contributed by atoms with Crippen LogP contribution in [0.4, 0.5) is 10.1 Å². The molecule has 1 aromatic heterocycles. The van der Waals surface area contributed by atoms with Crippen molar-refractivity contribution in [3.05, 3.63) is 41.0 Å². The number of carbonyl (C=O) groups is 1. The summed E-state index contributed by atoms with van der Waals surface area (Å²) in [5, 5.41) is 14.0. The van der Waals surface area contributed by atoms with Crippen LogP contribution in [0, 0.1) is 19.7 Å². The highest BCUT2D eigenvalue weighted by Gasteiger charge is 2.23. The summed E-state index contributed by atoms with van der Waals surface area (Å²) in [5.41, 5.74) is 1.90. The summed E-state index contributed by atoms with van der Waals surface area (Å²) >= 11 is 0. The van der Waals surface area contributed by atoms with Gasteiger partial charge < -0.3 is 10.6 Å². The van der Waals surface area contributed by atoms with Crippen molar-refractivity contribution in [2.24, 2.45) is 0 Å². The number of halogens is 2. The molecule has 0 unspecified atom stereocenters. The third-order valence-electron chi connectivity index (χ3n) is 4.17. The van der Waals surface area contributed by atoms with Gasteiger partial charge in [0.25, 0.3) is 5.91 Å². The minimum absolute atomic E-state index is 0. The molecule has 2 N–H and O–H groups in total. The van der Waals surface area contributed by atoms with Crippen molar-refractivity contribution in [1.82, 2.24) is 20.3 Å². The Kier molecular flexibility index (Phi) is 5.90. The topological polar surface area (TPSA) is 71.8 Å². The summed E-state index contributed by atoms with van der Waals surface area (Å²) < 4.78 is 15.7. The fourth-order valence-corrected chi connectivity index (χ4v) is 2.85. The van der Waals surface area contributed by atoms with Gasteiger partial charge in [-0.1, -0.05) is 11.3 Å². The lowest BCUT2D eigenvalue weighted by atomic mass is 10.1. The van der Waals surface area contributed by atoms with Crippen LogP contribution < -0.4 is 10.6 Å². The van der Waals surface area contributed by atoms with Gasteiger partial charge in [-0.15, -0.1) is 17.5 Å². The van der Waals surface area contributed by atoms with Crippen molar-refractivity contribution in [2.75, 3.05) is 18.4 Å². The zero-order valence-electron chi connectivity index (χ0n) is 13.7. The Morgan fingerprint density at radius 2 is 2.04 bits per heavy atom. The van der Waals surface area contributed by atoms with Crippen LogP contribution in [0.5, 0.6) is 0 Å². The molecule has 2 heterocycles. The first-order valence-corrected chi connectivity index (χ1v) is 7.76. The van der Waals surface area contributed by atoms with Gasteiger partial charge in [-0.2, -0.15) is 0 Å². The summed E-state index contributed by atoms with van der Waals surface area (Å²) in [6.07, 6.45) is 1.91. The van der Waals surface area contributed by atoms with Crippen molar-refractivity contribution in [2.45, 2.75) is 32.7 Å². The van der Waals surface area contributed by atoms with E-state index < -0.39 is 11.7 Å². The molecule has 2 aromatic rings. The number of amides is 1. The van der Waals surface area contributed by atoms with E-state index in [-0.39, 0.29) is 29.8 Å². The van der Waals surface area contributed by atoms with Gasteiger partial charge >= 0.3 is 0 Å². The van der Waals surface area contributed by atoms with E-state index in [4.69, 9.17) is 0 Å². The van der Waals surface area contributed by atoms with Crippen molar-refractivity contribution in [1.29, 1.82) is 0 Å². The molecule has 24 heavy (non-hydrogen) atoms. The molecule has 0 spiro atoms. The van der Waals surface area contributed by atoms with Crippen LogP contribution in [0.25, 0.3) is 0 Å². The van der Waals surface area contributed by atoms with Gasteiger partial charge in [0.15, 0.2) is 5.69 Å². The first-order chi connectivity index (χ1) is 11.1. The van der Waals surface area contributed by atoms with Crippen LogP contribution in [0.2, 0.25) is 0 Å². The second-order valence-corrected chi connectivity index (χ2v) is 5.89. The Labute approximate surface area is 146 Å². The molecule has 130 valence electrons. The van der Waals surface area contributed by atoms with E-state index in [0.29, 0.717) is 5.69 Å². The average Bonchev–Trinajstić information content (AvgIpc) is 2.92. The molecule has 6 nitrogen and oxygen atoms in total. The highest BCUT2D eigenvalue weighted by atomic mass is 35.5. The van der Waals surface area contributed by atoms with Gasteiger partial charge in [-0.05, 0) is 57.5 Å². The van der Waals surface area contributed by atoms with Crippen molar-refractivity contribution >= 4 is 24.0 Å². The van der Waals surface area contributed by atoms with Crippen LogP contribution in [0.1, 0.15) is 40.6 Å². The summed E-state index contributed by atoms with van der Waals surface area (Å²) in [5.74, 6) is -0.896. The van der Waals surface area contributed by atoms with Gasteiger partial charge in [0.2, 0.25) is 0 Å². The third kappa shape index (κ3) is 3.73. The molecule has 1 aliphatic heterocycles. The number of benzene rings is 1. The van der Waals surface area contributed by atoms with Crippen LogP contribution in [-0.2, 0) is 0 Å². The number of aryl methyl sites for hydroxylation is 1. The van der Waals surface area contributed by atoms with E-state index in [1.165, 1.54) is 6.07 Å². The molecule has 0 aliphatic carbocycles. The monoisotopic (exact) mass is 353 g/mol. The number of rotatable bonds is 3. The molecule has 1 aliphatic rings. The Hall–Kier alpha value is -1.99. The van der Waals surface area contributed by atoms with E-state index in [2.05, 4.69) is 20.9 Å². The van der Waals surface area contributed by atoms with Gasteiger partial charge in [0.1, 0.15) is 5.82 Å². The van der Waals surface area contributed by atoms with Crippen LogP contribution in [-0.4, -0.2) is 34.0 Å². The minimum Gasteiger partial charge on any atom is -0.318 e. The minimum atomic E-state index is -0.457. The summed E-state index contributed by atoms with van der Waals surface area (Å²) in [7, 11) is 0. The van der Waals surface area contributed by atoms with Crippen molar-refractivity contribution in [3.63, 3.8) is 0 Å². The van der Waals surface area contributed by atoms with E-state index in [1.807, 2.05) is 6.92 Å². The van der Waals surface area contributed by atoms with E-state index in [0.717, 1.165) is 31.5 Å². The number of anilines is 1. The lowest BCUT2D eigenvalue weighted by Crippen LogP contribution is -2.30. The van der Waals surface area contributed by atoms with Crippen LogP contribution in [0.3, 0.4) is 0 Å². The largest absolute Gasteiger partial charge is 0.318 e. The lowest BCUT2D eigenvalue weighted by Gasteiger charge is -2.23. The second-order valence-electron chi connectivity index (χ2n) is 5.89. The maximum absolute atomic E-state index is 13.9. The Balaban J connectivity index is 0.00000208. The fourth-order valence-electron chi connectivity index (χ4n) is 2.85. The number of nitrogens with zero attached hydrogens (tertiary/aromatic N) is 3. The quantitative estimate of drug-likeness (QED) is 0.889. The number of nitrogens with one attached hydrogen (secondary N) is 2. The van der Waals surface area contributed by atoms with E-state index in [1.54, 1.807) is 23.7 Å². The molecule has 0 saturated carbocycles. The standard InChI is InChI=1S/C16H20FN5O.ClH/c1-10-3-4-14(13(17)9-10)19-16(23)15-11(2)22(21-20-15)12-5-7-18-8-6-12;/h3-4,9,12,18H,5-8H2,1-2H3,(H,19,23);1H. The summed E-state index contributed by atoms with van der Waals surface area (Å²) in [4.78, 5) is 12.4. The molecular weight excluding hydrogens is 333 g/mol. The zero-order valence-corrected chi connectivity index (χ0v) is 14.5. The van der Waals surface area contributed by atoms with Crippen molar-refractivity contribution in [3.8, 4) is 0 Å². The summed E-state index contributed by atoms with van der Waals surface area (Å²) in [6.45, 7) is 5.48. The Morgan fingerprint density at radius 1 is 1.33 bits per heavy atom. The Morgan fingerprint density at radius 3 is 2.71 bits per heavy atom. The third-order valence-corrected chi connectivity index (χ3v) is 4.17. The van der Waals surface area contributed by atoms with Crippen molar-refractivity contribution < 1.29 is 9.18 Å². The SMILES string of the molecule is Cc1ccc(NC(=O)c2nnn(C3CCNCC3)c2C)c(F)c1.Cl. The normalized spacial score (nSPS) is 15.0. The molecule has 1 saturated heterocycles. The first-order valence-electron chi connectivity index (χ1n) is 7.76. The van der Waals surface area contributed by atoms with Gasteiger partial charge in [-0.25, -0.2) is 9.07 Å². The number of hydrogen-bond donors (Lipinski definition) is 2. The molecule has 3 rings (SSSR count). The molecule has 1 aromatic carbocycles. The molecular formula is C16H21ClFN5O. The first kappa shape index (κ1) is 18.4. The van der Waals surface area contributed by atoms with Gasteiger partial charge in [-0.3, -0.25) is 4.79 Å². The summed E-state index contributed by atoms with van der Waals surface area (Å²) in [6, 6.07) is 4.93. The predicted octanol–water partition coefficient (Wildman–Crippen LogP) is 2.63. The Bertz CT molecular complexity index is 727. The molecule has 8 heteroatoms. The highest BCUT2D eigenvalue weighted by molar-refractivity contribution is 6.03. The molecule has 1 fully saturated rings. The van der Waals surface area contributed by atoms with E-state index in [9.17, 15) is 9.18 Å². The number of piperidine rings is 1. The maximum Gasteiger partial charge on any atom is 0.278 e. The number of hydrogen-bond acceptors (Lipinski definition) is 4. The molecule has 0 bridgehead atoms.